The molecule has 1 fully saturated rings. The summed E-state index contributed by atoms with van der Waals surface area (Å²) < 4.78 is 19.4. The van der Waals surface area contributed by atoms with Gasteiger partial charge in [0.2, 0.25) is 5.88 Å². The number of urea groups is 1. The fraction of sp³-hybridized carbons (Fsp3) is 0.450. The molecule has 2 amide bonds. The summed E-state index contributed by atoms with van der Waals surface area (Å²) in [5.74, 6) is -0.923. The Kier molecular flexibility index (Phi) is 7.84. The van der Waals surface area contributed by atoms with E-state index >= 15 is 0 Å². The van der Waals surface area contributed by atoms with Crippen LogP contribution in [0.5, 0.6) is 11.6 Å². The summed E-state index contributed by atoms with van der Waals surface area (Å²) in [5.41, 5.74) is -0.386. The van der Waals surface area contributed by atoms with E-state index in [2.05, 4.69) is 25.1 Å². The summed E-state index contributed by atoms with van der Waals surface area (Å²) >= 11 is 0. The fourth-order valence-corrected chi connectivity index (χ4v) is 3.19. The number of anilines is 1. The van der Waals surface area contributed by atoms with Crippen molar-refractivity contribution in [3.63, 3.8) is 0 Å². The van der Waals surface area contributed by atoms with Gasteiger partial charge < -0.3 is 19.4 Å². The summed E-state index contributed by atoms with van der Waals surface area (Å²) in [6.45, 7) is 4.87. The lowest BCUT2D eigenvalue weighted by atomic mass is 10.3. The maximum Gasteiger partial charge on any atom is 0.323 e. The highest BCUT2D eigenvalue weighted by atomic mass is 19.1. The van der Waals surface area contributed by atoms with Crippen LogP contribution in [0.25, 0.3) is 0 Å². The van der Waals surface area contributed by atoms with Gasteiger partial charge in [-0.25, -0.2) is 19.2 Å². The largest absolute Gasteiger partial charge is 0.436 e. The highest BCUT2D eigenvalue weighted by molar-refractivity contribution is 5.88. The van der Waals surface area contributed by atoms with Crippen molar-refractivity contribution in [3.8, 4) is 11.6 Å². The lowest BCUT2D eigenvalue weighted by Gasteiger charge is -2.23. The van der Waals surface area contributed by atoms with Crippen LogP contribution >= 0.6 is 0 Å². The molecule has 12 heteroatoms. The molecule has 2 aromatic rings. The Morgan fingerprint density at radius 2 is 2.06 bits per heavy atom. The van der Waals surface area contributed by atoms with E-state index < -0.39 is 10.7 Å². The Morgan fingerprint density at radius 3 is 2.78 bits per heavy atom. The van der Waals surface area contributed by atoms with Gasteiger partial charge in [0.05, 0.1) is 11.0 Å². The second-order valence-corrected chi connectivity index (χ2v) is 7.63. The minimum Gasteiger partial charge on any atom is -0.436 e. The Bertz CT molecular complexity index is 959. The van der Waals surface area contributed by atoms with Gasteiger partial charge in [-0.15, -0.1) is 0 Å². The quantitative estimate of drug-likeness (QED) is 0.508. The molecule has 0 spiro atoms. The average Bonchev–Trinajstić information content (AvgIpc) is 2.99. The number of non-ortho nitro benzene ring substituents is 1. The third-order valence-electron chi connectivity index (χ3n) is 4.96. The summed E-state index contributed by atoms with van der Waals surface area (Å²) in [5, 5.41) is 13.4. The molecular weight excluding hydrogens is 421 g/mol. The lowest BCUT2D eigenvalue weighted by molar-refractivity contribution is -0.385. The maximum atomic E-state index is 14.1. The van der Waals surface area contributed by atoms with Crippen molar-refractivity contribution in [2.45, 2.75) is 6.42 Å². The topological polar surface area (TPSA) is 117 Å². The molecule has 0 aliphatic carbocycles. The van der Waals surface area contributed by atoms with Crippen LogP contribution < -0.4 is 10.1 Å². The van der Waals surface area contributed by atoms with Gasteiger partial charge in [-0.2, -0.15) is 0 Å². The number of nitro benzene ring substituents is 1. The Balaban J connectivity index is 1.58. The number of nitro groups is 1. The number of aromatic nitrogens is 2. The Labute approximate surface area is 184 Å². The van der Waals surface area contributed by atoms with Crippen LogP contribution in [-0.4, -0.2) is 89.0 Å². The monoisotopic (exact) mass is 447 g/mol. The van der Waals surface area contributed by atoms with Gasteiger partial charge in [-0.3, -0.25) is 15.4 Å². The summed E-state index contributed by atoms with van der Waals surface area (Å²) in [4.78, 5) is 36.8. The van der Waals surface area contributed by atoms with E-state index in [1.807, 2.05) is 14.1 Å². The molecule has 32 heavy (non-hydrogen) atoms. The number of carbonyl (C=O) groups is 1. The molecule has 1 aliphatic rings. The van der Waals surface area contributed by atoms with Crippen LogP contribution in [0.15, 0.2) is 30.6 Å². The fourth-order valence-electron chi connectivity index (χ4n) is 3.19. The molecular formula is C20H26FN7O4. The number of rotatable bonds is 7. The van der Waals surface area contributed by atoms with Crippen molar-refractivity contribution < 1.29 is 18.8 Å². The third-order valence-corrected chi connectivity index (χ3v) is 4.96. The molecule has 1 aliphatic heterocycles. The number of amides is 2. The van der Waals surface area contributed by atoms with Crippen LogP contribution in [0.2, 0.25) is 0 Å². The molecule has 1 aromatic carbocycles. The molecule has 0 radical (unpaired) electrons. The number of hydrogen-bond donors (Lipinski definition) is 1. The van der Waals surface area contributed by atoms with Crippen molar-refractivity contribution in [2.75, 3.05) is 58.7 Å². The van der Waals surface area contributed by atoms with Crippen molar-refractivity contribution in [3.05, 3.63) is 46.5 Å². The standard InChI is InChI=1S/C20H26FN7O4/c1-25(2)8-9-26-6-3-7-27(11-10-26)20(29)24-18-13-19(23-14-22-18)32-17-5-4-15(28(30)31)12-16(17)21/h4-5,12-14H,3,6-11H2,1-2H3,(H,22,23,24,29). The predicted octanol–water partition coefficient (Wildman–Crippen LogP) is 2.42. The van der Waals surface area contributed by atoms with E-state index in [-0.39, 0.29) is 29.2 Å². The molecule has 0 atom stereocenters. The molecule has 2 heterocycles. The van der Waals surface area contributed by atoms with Gasteiger partial charge in [0.15, 0.2) is 11.6 Å². The van der Waals surface area contributed by atoms with Gasteiger partial charge in [-0.05, 0) is 33.1 Å². The van der Waals surface area contributed by atoms with Gasteiger partial charge >= 0.3 is 6.03 Å². The van der Waals surface area contributed by atoms with Crippen LogP contribution in [0.4, 0.5) is 20.7 Å². The molecule has 0 bridgehead atoms. The maximum absolute atomic E-state index is 14.1. The van der Waals surface area contributed by atoms with Crippen LogP contribution in [0, 0.1) is 15.9 Å². The molecule has 1 aromatic heterocycles. The predicted molar refractivity (Wildman–Crippen MR) is 115 cm³/mol. The number of carbonyl (C=O) groups excluding carboxylic acids is 1. The second kappa shape index (κ2) is 10.8. The van der Waals surface area contributed by atoms with Crippen molar-refractivity contribution >= 4 is 17.5 Å². The van der Waals surface area contributed by atoms with Gasteiger partial charge in [0.1, 0.15) is 12.1 Å². The first-order valence-electron chi connectivity index (χ1n) is 10.2. The first-order valence-corrected chi connectivity index (χ1v) is 10.2. The Morgan fingerprint density at radius 1 is 1.25 bits per heavy atom. The molecule has 172 valence electrons. The van der Waals surface area contributed by atoms with Crippen molar-refractivity contribution in [1.82, 2.24) is 24.7 Å². The minimum atomic E-state index is -0.896. The van der Waals surface area contributed by atoms with Crippen LogP contribution in [-0.2, 0) is 0 Å². The zero-order valence-corrected chi connectivity index (χ0v) is 18.0. The average molecular weight is 447 g/mol. The number of likely N-dealkylation sites (N-methyl/N-ethyl adjacent to an activating group) is 1. The number of halogens is 1. The lowest BCUT2D eigenvalue weighted by Crippen LogP contribution is -2.39. The molecule has 3 rings (SSSR count). The van der Waals surface area contributed by atoms with E-state index in [4.69, 9.17) is 4.74 Å². The first-order chi connectivity index (χ1) is 15.3. The van der Waals surface area contributed by atoms with E-state index in [9.17, 15) is 19.3 Å². The number of ether oxygens (including phenoxy) is 1. The van der Waals surface area contributed by atoms with Crippen LogP contribution in [0.3, 0.4) is 0 Å². The number of nitrogens with zero attached hydrogens (tertiary/aromatic N) is 6. The third kappa shape index (κ3) is 6.56. The smallest absolute Gasteiger partial charge is 0.323 e. The molecule has 11 nitrogen and oxygen atoms in total. The SMILES string of the molecule is CN(C)CCN1CCCN(C(=O)Nc2cc(Oc3ccc([N+](=O)[O-])cc3F)ncn2)CC1. The molecule has 1 saturated heterocycles. The van der Waals surface area contributed by atoms with E-state index in [1.54, 1.807) is 4.90 Å². The highest BCUT2D eigenvalue weighted by Crippen LogP contribution is 2.27. The minimum absolute atomic E-state index is 0.00576. The van der Waals surface area contributed by atoms with Gasteiger partial charge in [0, 0.05) is 44.9 Å². The molecule has 1 N–H and O–H groups in total. The zero-order valence-electron chi connectivity index (χ0n) is 18.0. The van der Waals surface area contributed by atoms with Crippen LogP contribution in [0.1, 0.15) is 6.42 Å². The zero-order chi connectivity index (χ0) is 23.1. The van der Waals surface area contributed by atoms with Gasteiger partial charge in [-0.1, -0.05) is 0 Å². The second-order valence-electron chi connectivity index (χ2n) is 7.63. The van der Waals surface area contributed by atoms with E-state index in [1.165, 1.54) is 12.4 Å². The summed E-state index contributed by atoms with van der Waals surface area (Å²) in [7, 11) is 4.07. The van der Waals surface area contributed by atoms with Gasteiger partial charge in [0.25, 0.3) is 5.69 Å². The summed E-state index contributed by atoms with van der Waals surface area (Å²) in [6, 6.07) is 4.11. The number of benzene rings is 1. The van der Waals surface area contributed by atoms with Crippen molar-refractivity contribution in [1.29, 1.82) is 0 Å². The summed E-state index contributed by atoms with van der Waals surface area (Å²) in [6.07, 6.45) is 2.05. The molecule has 0 unspecified atom stereocenters. The van der Waals surface area contributed by atoms with E-state index in [0.717, 1.165) is 50.8 Å². The van der Waals surface area contributed by atoms with Crippen molar-refractivity contribution in [2.24, 2.45) is 0 Å². The highest BCUT2D eigenvalue weighted by Gasteiger charge is 2.20. The number of nitrogens with one attached hydrogen (secondary N) is 1. The van der Waals surface area contributed by atoms with E-state index in [0.29, 0.717) is 13.1 Å². The number of hydrogen-bond acceptors (Lipinski definition) is 8. The normalized spacial score (nSPS) is 14.8. The Hall–Kier alpha value is -3.38. The first kappa shape index (κ1) is 23.3. The molecule has 0 saturated carbocycles.